The number of nitrogens with zero attached hydrogens (tertiary/aromatic N) is 3. The van der Waals surface area contributed by atoms with Crippen LogP contribution in [0, 0.1) is 6.92 Å². The lowest BCUT2D eigenvalue weighted by molar-refractivity contribution is 0.0946. The molecule has 6 nitrogen and oxygen atoms in total. The zero-order valence-electron chi connectivity index (χ0n) is 13.9. The van der Waals surface area contributed by atoms with Crippen molar-refractivity contribution < 1.29 is 4.79 Å². The summed E-state index contributed by atoms with van der Waals surface area (Å²) in [6, 6.07) is 9.82. The molecule has 7 heteroatoms. The second-order valence-electron chi connectivity index (χ2n) is 5.76. The molecule has 0 spiro atoms. The van der Waals surface area contributed by atoms with Crippen LogP contribution < -0.4 is 10.6 Å². The molecule has 24 heavy (non-hydrogen) atoms. The van der Waals surface area contributed by atoms with Crippen LogP contribution in [0.25, 0.3) is 5.69 Å². The van der Waals surface area contributed by atoms with Crippen molar-refractivity contribution in [3.8, 4) is 5.69 Å². The summed E-state index contributed by atoms with van der Waals surface area (Å²) in [6.07, 6.45) is 1.80. The summed E-state index contributed by atoms with van der Waals surface area (Å²) < 4.78 is 1.75. The molecule has 0 bridgehead atoms. The Morgan fingerprint density at radius 1 is 1.25 bits per heavy atom. The van der Waals surface area contributed by atoms with Crippen molar-refractivity contribution in [3.63, 3.8) is 0 Å². The minimum Gasteiger partial charge on any atom is -0.351 e. The molecule has 2 heterocycles. The van der Waals surface area contributed by atoms with Gasteiger partial charge in [-0.2, -0.15) is 5.10 Å². The zero-order valence-corrected chi connectivity index (χ0v) is 14.7. The van der Waals surface area contributed by atoms with Crippen molar-refractivity contribution in [2.45, 2.75) is 6.92 Å². The third kappa shape index (κ3) is 4.56. The lowest BCUT2D eigenvalue weighted by Gasteiger charge is -2.27. The summed E-state index contributed by atoms with van der Waals surface area (Å²) in [5.74, 6) is -0.0557. The van der Waals surface area contributed by atoms with Crippen LogP contribution in [-0.2, 0) is 0 Å². The van der Waals surface area contributed by atoms with Crippen LogP contribution in [0.4, 0.5) is 0 Å². The van der Waals surface area contributed by atoms with E-state index in [0.717, 1.165) is 44.1 Å². The third-order valence-corrected chi connectivity index (χ3v) is 4.09. The van der Waals surface area contributed by atoms with Crippen LogP contribution in [-0.4, -0.2) is 59.9 Å². The Morgan fingerprint density at radius 3 is 2.67 bits per heavy atom. The lowest BCUT2D eigenvalue weighted by Crippen LogP contribution is -2.46. The van der Waals surface area contributed by atoms with Crippen molar-refractivity contribution in [2.24, 2.45) is 0 Å². The Morgan fingerprint density at radius 2 is 1.96 bits per heavy atom. The minimum absolute atomic E-state index is 0. The Kier molecular flexibility index (Phi) is 6.78. The van der Waals surface area contributed by atoms with E-state index in [4.69, 9.17) is 0 Å². The third-order valence-electron chi connectivity index (χ3n) is 4.09. The maximum Gasteiger partial charge on any atom is 0.254 e. The van der Waals surface area contributed by atoms with Crippen molar-refractivity contribution in [2.75, 3.05) is 39.3 Å². The van der Waals surface area contributed by atoms with Crippen LogP contribution in [0.15, 0.2) is 36.5 Å². The highest BCUT2D eigenvalue weighted by Crippen LogP contribution is 2.11. The van der Waals surface area contributed by atoms with Gasteiger partial charge in [0.05, 0.1) is 16.9 Å². The van der Waals surface area contributed by atoms with E-state index in [-0.39, 0.29) is 18.3 Å². The fraction of sp³-hybridized carbons (Fsp3) is 0.412. The topological polar surface area (TPSA) is 62.2 Å². The molecule has 2 aromatic rings. The van der Waals surface area contributed by atoms with Gasteiger partial charge in [0.25, 0.3) is 5.91 Å². The van der Waals surface area contributed by atoms with E-state index >= 15 is 0 Å². The highest BCUT2D eigenvalue weighted by Gasteiger charge is 2.15. The molecule has 3 rings (SSSR count). The minimum atomic E-state index is -0.0557. The van der Waals surface area contributed by atoms with Crippen molar-refractivity contribution in [1.82, 2.24) is 25.3 Å². The zero-order chi connectivity index (χ0) is 16.1. The molecule has 0 atom stereocenters. The van der Waals surface area contributed by atoms with Gasteiger partial charge in [-0.3, -0.25) is 9.69 Å². The quantitative estimate of drug-likeness (QED) is 0.852. The van der Waals surface area contributed by atoms with Crippen molar-refractivity contribution in [1.29, 1.82) is 0 Å². The number of para-hydroxylation sites is 1. The van der Waals surface area contributed by atoms with Crippen LogP contribution in [0.3, 0.4) is 0 Å². The van der Waals surface area contributed by atoms with E-state index in [1.165, 1.54) is 0 Å². The number of benzene rings is 1. The smallest absolute Gasteiger partial charge is 0.254 e. The number of aromatic nitrogens is 2. The molecule has 0 aliphatic carbocycles. The van der Waals surface area contributed by atoms with E-state index < -0.39 is 0 Å². The largest absolute Gasteiger partial charge is 0.351 e. The van der Waals surface area contributed by atoms with E-state index in [1.54, 1.807) is 10.9 Å². The monoisotopic (exact) mass is 349 g/mol. The van der Waals surface area contributed by atoms with Gasteiger partial charge in [0.2, 0.25) is 0 Å². The van der Waals surface area contributed by atoms with Gasteiger partial charge in [0.1, 0.15) is 0 Å². The van der Waals surface area contributed by atoms with E-state index in [9.17, 15) is 4.79 Å². The molecule has 1 saturated heterocycles. The van der Waals surface area contributed by atoms with Gasteiger partial charge < -0.3 is 10.6 Å². The number of piperazine rings is 1. The van der Waals surface area contributed by atoms with E-state index in [0.29, 0.717) is 12.1 Å². The van der Waals surface area contributed by atoms with Gasteiger partial charge in [-0.15, -0.1) is 12.4 Å². The molecule has 130 valence electrons. The second kappa shape index (κ2) is 8.82. The summed E-state index contributed by atoms with van der Waals surface area (Å²) in [5.41, 5.74) is 2.33. The fourth-order valence-corrected chi connectivity index (χ4v) is 2.75. The molecule has 0 saturated carbocycles. The van der Waals surface area contributed by atoms with E-state index in [2.05, 4.69) is 20.6 Å². The number of hydrogen-bond donors (Lipinski definition) is 2. The number of nitrogens with one attached hydrogen (secondary N) is 2. The molecular formula is C17H24ClN5O. The molecule has 1 amide bonds. The molecular weight excluding hydrogens is 326 g/mol. The molecule has 0 unspecified atom stereocenters. The summed E-state index contributed by atoms with van der Waals surface area (Å²) in [6.45, 7) is 7.55. The molecule has 2 N–H and O–H groups in total. The predicted molar refractivity (Wildman–Crippen MR) is 97.2 cm³/mol. The Balaban J connectivity index is 0.00000208. The van der Waals surface area contributed by atoms with Crippen LogP contribution in [0.2, 0.25) is 0 Å². The van der Waals surface area contributed by atoms with Gasteiger partial charge >= 0.3 is 0 Å². The predicted octanol–water partition coefficient (Wildman–Crippen LogP) is 1.24. The first-order valence-electron chi connectivity index (χ1n) is 8.07. The maximum absolute atomic E-state index is 12.4. The Labute approximate surface area is 148 Å². The Hall–Kier alpha value is -1.89. The summed E-state index contributed by atoms with van der Waals surface area (Å²) in [7, 11) is 0. The number of carbonyl (C=O) groups is 1. The van der Waals surface area contributed by atoms with E-state index in [1.807, 2.05) is 37.3 Å². The average Bonchev–Trinajstić information content (AvgIpc) is 2.98. The lowest BCUT2D eigenvalue weighted by atomic mass is 10.2. The summed E-state index contributed by atoms with van der Waals surface area (Å²) >= 11 is 0. The number of carbonyl (C=O) groups excluding carboxylic acids is 1. The van der Waals surface area contributed by atoms with Crippen LogP contribution in [0.1, 0.15) is 16.1 Å². The number of amides is 1. The molecule has 1 aliphatic heterocycles. The van der Waals surface area contributed by atoms with Gasteiger partial charge in [-0.1, -0.05) is 18.2 Å². The standard InChI is InChI=1S/C17H23N5O.ClH/c1-14-16(13-22(20-14)15-5-3-2-4-6-15)17(23)19-9-12-21-10-7-18-8-11-21;/h2-6,13,18H,7-12H2,1H3,(H,19,23);1H. The molecule has 1 aromatic carbocycles. The Bertz CT molecular complexity index is 652. The SMILES string of the molecule is Cc1nn(-c2ccccc2)cc1C(=O)NCCN1CCNCC1.Cl. The highest BCUT2D eigenvalue weighted by molar-refractivity contribution is 5.95. The summed E-state index contributed by atoms with van der Waals surface area (Å²) in [4.78, 5) is 14.7. The fourth-order valence-electron chi connectivity index (χ4n) is 2.75. The average molecular weight is 350 g/mol. The van der Waals surface area contributed by atoms with Crippen LogP contribution in [0.5, 0.6) is 0 Å². The first-order valence-corrected chi connectivity index (χ1v) is 8.07. The number of aryl methyl sites for hydroxylation is 1. The highest BCUT2D eigenvalue weighted by atomic mass is 35.5. The van der Waals surface area contributed by atoms with Gasteiger partial charge in [-0.05, 0) is 19.1 Å². The van der Waals surface area contributed by atoms with Gasteiger partial charge in [0, 0.05) is 45.5 Å². The maximum atomic E-state index is 12.4. The van der Waals surface area contributed by atoms with Crippen molar-refractivity contribution >= 4 is 18.3 Å². The van der Waals surface area contributed by atoms with Crippen molar-refractivity contribution in [3.05, 3.63) is 47.8 Å². The first kappa shape index (κ1) is 18.4. The normalized spacial score (nSPS) is 14.9. The van der Waals surface area contributed by atoms with Gasteiger partial charge in [0.15, 0.2) is 0 Å². The van der Waals surface area contributed by atoms with Gasteiger partial charge in [-0.25, -0.2) is 4.68 Å². The molecule has 1 aromatic heterocycles. The summed E-state index contributed by atoms with van der Waals surface area (Å²) in [5, 5.41) is 10.8. The second-order valence-corrected chi connectivity index (χ2v) is 5.76. The van der Waals surface area contributed by atoms with Crippen LogP contribution >= 0.6 is 12.4 Å². The number of halogens is 1. The number of hydrogen-bond acceptors (Lipinski definition) is 4. The first-order chi connectivity index (χ1) is 11.2. The molecule has 0 radical (unpaired) electrons. The molecule has 1 fully saturated rings. The molecule has 1 aliphatic rings. The number of rotatable bonds is 5.